The standard InChI is InChI=1S/C21H28N2O.C18H36O2/c1-5-23(6-2,15-19-13-8-7-9-14-19)16-20(24)22-21-17(3)11-10-12-18(21)4;1-2-3-4-5-6-7-8-9-10-11-12-13-14-15-16-17-18(19)20/h7-14H,5-6,15-16H2,1-4H3;2-17H2,1H3,(H,19,20). The van der Waals surface area contributed by atoms with Gasteiger partial charge in [0.2, 0.25) is 0 Å². The highest BCUT2D eigenvalue weighted by Crippen LogP contribution is 2.21. The SMILES string of the molecule is CCCCCCCCCCCCCCCCCC(=O)[O-].CC[N+](CC)(CC(=O)Nc1c(C)cccc1C)Cc1ccccc1. The van der Waals surface area contributed by atoms with Crippen molar-refractivity contribution in [1.29, 1.82) is 0 Å². The molecule has 2 rings (SSSR count). The van der Waals surface area contributed by atoms with Gasteiger partial charge >= 0.3 is 0 Å². The van der Waals surface area contributed by atoms with Gasteiger partial charge < -0.3 is 19.7 Å². The summed E-state index contributed by atoms with van der Waals surface area (Å²) in [7, 11) is 0. The lowest BCUT2D eigenvalue weighted by Gasteiger charge is -2.36. The number of hydrogen-bond donors (Lipinski definition) is 1. The van der Waals surface area contributed by atoms with Gasteiger partial charge in [0.1, 0.15) is 6.54 Å². The minimum absolute atomic E-state index is 0.0898. The van der Waals surface area contributed by atoms with E-state index in [1.165, 1.54) is 89.0 Å². The highest BCUT2D eigenvalue weighted by molar-refractivity contribution is 5.93. The lowest BCUT2D eigenvalue weighted by molar-refractivity contribution is -0.930. The quantitative estimate of drug-likeness (QED) is 0.101. The van der Waals surface area contributed by atoms with Crippen LogP contribution in [0.25, 0.3) is 0 Å². The minimum Gasteiger partial charge on any atom is -0.550 e. The Hall–Kier alpha value is -2.66. The average Bonchev–Trinajstić information content (AvgIpc) is 3.01. The molecule has 0 aromatic heterocycles. The Kier molecular flexibility index (Phi) is 22.0. The van der Waals surface area contributed by atoms with Crippen LogP contribution in [0.3, 0.4) is 0 Å². The second-order valence-electron chi connectivity index (χ2n) is 12.7. The van der Waals surface area contributed by atoms with Crippen molar-refractivity contribution in [3.63, 3.8) is 0 Å². The molecule has 0 saturated heterocycles. The second kappa shape index (κ2) is 24.6. The average molecular weight is 609 g/mol. The highest BCUT2D eigenvalue weighted by Gasteiger charge is 2.27. The fraction of sp³-hybridized carbons (Fsp3) is 0.641. The maximum Gasteiger partial charge on any atom is 0.279 e. The number of para-hydroxylation sites is 1. The van der Waals surface area contributed by atoms with Crippen LogP contribution in [-0.4, -0.2) is 36.0 Å². The molecule has 0 heterocycles. The van der Waals surface area contributed by atoms with Crippen molar-refractivity contribution in [2.45, 2.75) is 144 Å². The smallest absolute Gasteiger partial charge is 0.279 e. The van der Waals surface area contributed by atoms with Gasteiger partial charge in [0.25, 0.3) is 5.91 Å². The van der Waals surface area contributed by atoms with Gasteiger partial charge in [0.05, 0.1) is 13.1 Å². The number of amides is 1. The molecule has 44 heavy (non-hydrogen) atoms. The number of quaternary nitrogens is 1. The van der Waals surface area contributed by atoms with Crippen molar-refractivity contribution >= 4 is 17.6 Å². The number of aryl methyl sites for hydroxylation is 2. The lowest BCUT2D eigenvalue weighted by atomic mass is 10.0. The van der Waals surface area contributed by atoms with Crippen molar-refractivity contribution in [3.05, 3.63) is 65.2 Å². The molecule has 0 saturated carbocycles. The molecule has 5 nitrogen and oxygen atoms in total. The molecule has 0 aliphatic carbocycles. The Morgan fingerprint density at radius 2 is 1.09 bits per heavy atom. The van der Waals surface area contributed by atoms with E-state index in [2.05, 4.69) is 50.4 Å². The largest absolute Gasteiger partial charge is 0.550 e. The monoisotopic (exact) mass is 608 g/mol. The van der Waals surface area contributed by atoms with E-state index in [0.29, 0.717) is 6.54 Å². The molecule has 1 N–H and O–H groups in total. The topological polar surface area (TPSA) is 69.2 Å². The van der Waals surface area contributed by atoms with Gasteiger partial charge in [-0.05, 0) is 51.7 Å². The number of aliphatic carboxylic acids is 1. The molecule has 2 aromatic carbocycles. The van der Waals surface area contributed by atoms with Crippen LogP contribution in [0.15, 0.2) is 48.5 Å². The first-order valence-corrected chi connectivity index (χ1v) is 17.7. The van der Waals surface area contributed by atoms with E-state index in [-0.39, 0.29) is 12.3 Å². The summed E-state index contributed by atoms with van der Waals surface area (Å²) >= 11 is 0. The van der Waals surface area contributed by atoms with Crippen molar-refractivity contribution < 1.29 is 19.2 Å². The van der Waals surface area contributed by atoms with E-state index < -0.39 is 5.97 Å². The number of likely N-dealkylation sites (N-methyl/N-ethyl adjacent to an activating group) is 1. The Balaban J connectivity index is 0.000000449. The van der Waals surface area contributed by atoms with E-state index in [0.717, 1.165) is 53.8 Å². The van der Waals surface area contributed by atoms with Crippen LogP contribution in [0, 0.1) is 13.8 Å². The van der Waals surface area contributed by atoms with Crippen LogP contribution in [0.5, 0.6) is 0 Å². The maximum absolute atomic E-state index is 12.7. The van der Waals surface area contributed by atoms with Gasteiger partial charge in [0.15, 0.2) is 6.54 Å². The first kappa shape index (κ1) is 39.4. The number of carbonyl (C=O) groups is 2. The third kappa shape index (κ3) is 18.2. The summed E-state index contributed by atoms with van der Waals surface area (Å²) in [6.07, 6.45) is 19.9. The molecule has 0 spiro atoms. The van der Waals surface area contributed by atoms with Crippen LogP contribution in [0.4, 0.5) is 5.69 Å². The number of unbranched alkanes of at least 4 members (excludes halogenated alkanes) is 14. The molecule has 5 heteroatoms. The van der Waals surface area contributed by atoms with Crippen LogP contribution in [-0.2, 0) is 16.1 Å². The summed E-state index contributed by atoms with van der Waals surface area (Å²) in [4.78, 5) is 22.9. The first-order chi connectivity index (χ1) is 21.3. The van der Waals surface area contributed by atoms with Crippen LogP contribution in [0.2, 0.25) is 0 Å². The predicted molar refractivity (Wildman–Crippen MR) is 185 cm³/mol. The van der Waals surface area contributed by atoms with E-state index >= 15 is 0 Å². The van der Waals surface area contributed by atoms with Gasteiger partial charge in [-0.15, -0.1) is 0 Å². The van der Waals surface area contributed by atoms with Gasteiger partial charge in [-0.1, -0.05) is 145 Å². The number of hydrogen-bond acceptors (Lipinski definition) is 3. The molecule has 0 aliphatic heterocycles. The van der Waals surface area contributed by atoms with Crippen molar-refractivity contribution in [3.8, 4) is 0 Å². The number of rotatable bonds is 23. The van der Waals surface area contributed by atoms with E-state index in [1.54, 1.807) is 0 Å². The molecular weight excluding hydrogens is 544 g/mol. The molecule has 2 aromatic rings. The molecule has 0 atom stereocenters. The molecule has 1 amide bonds. The highest BCUT2D eigenvalue weighted by atomic mass is 16.4. The summed E-state index contributed by atoms with van der Waals surface area (Å²) in [6, 6.07) is 16.5. The summed E-state index contributed by atoms with van der Waals surface area (Å²) in [5, 5.41) is 13.4. The second-order valence-corrected chi connectivity index (χ2v) is 12.7. The van der Waals surface area contributed by atoms with Crippen LogP contribution < -0.4 is 10.4 Å². The summed E-state index contributed by atoms with van der Waals surface area (Å²) in [5.74, 6) is -0.813. The summed E-state index contributed by atoms with van der Waals surface area (Å²) in [5.41, 5.74) is 4.45. The normalized spacial score (nSPS) is 11.1. The number of nitrogens with one attached hydrogen (secondary N) is 1. The number of anilines is 1. The number of nitrogens with zero attached hydrogens (tertiary/aromatic N) is 1. The zero-order valence-electron chi connectivity index (χ0n) is 28.9. The molecular formula is C39H64N2O3. The maximum atomic E-state index is 12.7. The van der Waals surface area contributed by atoms with Gasteiger partial charge in [-0.3, -0.25) is 4.79 Å². The molecule has 0 bridgehead atoms. The summed E-state index contributed by atoms with van der Waals surface area (Å²) < 4.78 is 0.765. The fourth-order valence-electron chi connectivity index (χ4n) is 5.83. The molecule has 0 fully saturated rings. The summed E-state index contributed by atoms with van der Waals surface area (Å²) in [6.45, 7) is 13.9. The predicted octanol–water partition coefficient (Wildman–Crippen LogP) is 9.30. The van der Waals surface area contributed by atoms with Gasteiger partial charge in [-0.2, -0.15) is 0 Å². The van der Waals surface area contributed by atoms with E-state index in [9.17, 15) is 14.7 Å². The number of carboxylic acid groups (broad SMARTS) is 1. The zero-order chi connectivity index (χ0) is 32.5. The Morgan fingerprint density at radius 1 is 0.636 bits per heavy atom. The third-order valence-electron chi connectivity index (χ3n) is 8.91. The number of carbonyl (C=O) groups excluding carboxylic acids is 2. The lowest BCUT2D eigenvalue weighted by Crippen LogP contribution is -2.51. The van der Waals surface area contributed by atoms with Crippen molar-refractivity contribution in [2.75, 3.05) is 25.0 Å². The molecule has 0 aliphatic rings. The third-order valence-corrected chi connectivity index (χ3v) is 8.91. The Labute approximate surface area is 270 Å². The van der Waals surface area contributed by atoms with Gasteiger partial charge in [-0.25, -0.2) is 0 Å². The fourth-order valence-corrected chi connectivity index (χ4v) is 5.83. The molecule has 248 valence electrons. The molecule has 0 radical (unpaired) electrons. The Bertz CT molecular complexity index is 997. The van der Waals surface area contributed by atoms with E-state index in [1.807, 2.05) is 38.1 Å². The van der Waals surface area contributed by atoms with Gasteiger partial charge in [0, 0.05) is 17.2 Å². The first-order valence-electron chi connectivity index (χ1n) is 17.7. The van der Waals surface area contributed by atoms with Crippen molar-refractivity contribution in [2.24, 2.45) is 0 Å². The van der Waals surface area contributed by atoms with Crippen LogP contribution in [0.1, 0.15) is 140 Å². The number of benzene rings is 2. The zero-order valence-corrected chi connectivity index (χ0v) is 28.9. The number of carboxylic acids is 1. The minimum atomic E-state index is -0.903. The van der Waals surface area contributed by atoms with Crippen LogP contribution >= 0.6 is 0 Å². The Morgan fingerprint density at radius 3 is 1.52 bits per heavy atom. The molecule has 0 unspecified atom stereocenters. The van der Waals surface area contributed by atoms with E-state index in [4.69, 9.17) is 0 Å². The van der Waals surface area contributed by atoms with Crippen molar-refractivity contribution in [1.82, 2.24) is 0 Å².